The van der Waals surface area contributed by atoms with Crippen molar-refractivity contribution in [2.45, 2.75) is 6.61 Å². The van der Waals surface area contributed by atoms with Crippen molar-refractivity contribution < 1.29 is 14.3 Å². The molecule has 0 unspecified atom stereocenters. The largest absolute Gasteiger partial charge is 0.493 e. The van der Waals surface area contributed by atoms with Crippen LogP contribution in [0.25, 0.3) is 11.3 Å². The molecule has 0 atom stereocenters. The van der Waals surface area contributed by atoms with E-state index < -0.39 is 0 Å². The SMILES string of the molecule is COc1cc(C(=O)Nc2cccc(-c3ccc(=O)[nH]n3)c2)ccc1OCc1ccc(Cl)cc1. The lowest BCUT2D eigenvalue weighted by Gasteiger charge is -2.13. The third-order valence-electron chi connectivity index (χ3n) is 4.83. The van der Waals surface area contributed by atoms with Gasteiger partial charge in [0.1, 0.15) is 6.61 Å². The van der Waals surface area contributed by atoms with Gasteiger partial charge in [-0.25, -0.2) is 5.10 Å². The highest BCUT2D eigenvalue weighted by Crippen LogP contribution is 2.29. The van der Waals surface area contributed by atoms with Crippen molar-refractivity contribution in [2.24, 2.45) is 0 Å². The maximum absolute atomic E-state index is 12.8. The maximum atomic E-state index is 12.8. The zero-order chi connectivity index (χ0) is 23.2. The van der Waals surface area contributed by atoms with Crippen LogP contribution in [-0.4, -0.2) is 23.2 Å². The summed E-state index contributed by atoms with van der Waals surface area (Å²) in [6.07, 6.45) is 0. The molecule has 0 saturated carbocycles. The van der Waals surface area contributed by atoms with E-state index in [4.69, 9.17) is 21.1 Å². The summed E-state index contributed by atoms with van der Waals surface area (Å²) >= 11 is 5.91. The van der Waals surface area contributed by atoms with Crippen molar-refractivity contribution in [2.75, 3.05) is 12.4 Å². The number of carbonyl (C=O) groups excluding carboxylic acids is 1. The first-order valence-corrected chi connectivity index (χ1v) is 10.4. The Morgan fingerprint density at radius 1 is 1.00 bits per heavy atom. The molecule has 166 valence electrons. The van der Waals surface area contributed by atoms with Crippen molar-refractivity contribution in [3.05, 3.63) is 105 Å². The molecule has 4 rings (SSSR count). The molecule has 1 aromatic heterocycles. The number of benzene rings is 3. The van der Waals surface area contributed by atoms with Crippen LogP contribution in [-0.2, 0) is 6.61 Å². The van der Waals surface area contributed by atoms with Gasteiger partial charge in [0.05, 0.1) is 12.8 Å². The maximum Gasteiger partial charge on any atom is 0.264 e. The number of nitrogens with zero attached hydrogens (tertiary/aromatic N) is 1. The van der Waals surface area contributed by atoms with E-state index in [1.165, 1.54) is 13.2 Å². The van der Waals surface area contributed by atoms with E-state index in [1.54, 1.807) is 54.6 Å². The van der Waals surface area contributed by atoms with Crippen LogP contribution < -0.4 is 20.3 Å². The molecule has 7 nitrogen and oxygen atoms in total. The number of halogens is 1. The molecule has 0 fully saturated rings. The smallest absolute Gasteiger partial charge is 0.264 e. The Balaban J connectivity index is 1.47. The Labute approximate surface area is 195 Å². The first kappa shape index (κ1) is 22.1. The number of ether oxygens (including phenoxy) is 2. The van der Waals surface area contributed by atoms with E-state index in [-0.39, 0.29) is 11.5 Å². The highest BCUT2D eigenvalue weighted by Gasteiger charge is 2.12. The summed E-state index contributed by atoms with van der Waals surface area (Å²) < 4.78 is 11.3. The third kappa shape index (κ3) is 5.58. The molecular weight excluding hydrogens is 442 g/mol. The topological polar surface area (TPSA) is 93.3 Å². The predicted molar refractivity (Wildman–Crippen MR) is 127 cm³/mol. The van der Waals surface area contributed by atoms with Crippen molar-refractivity contribution in [3.8, 4) is 22.8 Å². The standard InChI is InChI=1S/C25H20ClN3O4/c1-32-23-14-18(7-11-22(23)33-15-16-5-8-19(26)9-6-16)25(31)27-20-4-2-3-17(13-20)21-10-12-24(30)29-28-21/h2-14H,15H2,1H3,(H,27,31)(H,29,30). The summed E-state index contributed by atoms with van der Waals surface area (Å²) in [5, 5.41) is 9.94. The highest BCUT2D eigenvalue weighted by atomic mass is 35.5. The lowest BCUT2D eigenvalue weighted by Crippen LogP contribution is -2.12. The first-order chi connectivity index (χ1) is 16.0. The van der Waals surface area contributed by atoms with Crippen molar-refractivity contribution >= 4 is 23.2 Å². The molecule has 1 amide bonds. The van der Waals surface area contributed by atoms with Crippen LogP contribution in [0.5, 0.6) is 11.5 Å². The van der Waals surface area contributed by atoms with Gasteiger partial charge in [-0.05, 0) is 54.1 Å². The van der Waals surface area contributed by atoms with Gasteiger partial charge in [-0.1, -0.05) is 35.9 Å². The number of hydrogen-bond donors (Lipinski definition) is 2. The summed E-state index contributed by atoms with van der Waals surface area (Å²) in [6.45, 7) is 0.338. The number of nitrogens with one attached hydrogen (secondary N) is 2. The van der Waals surface area contributed by atoms with E-state index in [0.717, 1.165) is 11.1 Å². The average molecular weight is 462 g/mol. The van der Waals surface area contributed by atoms with Crippen LogP contribution in [0, 0.1) is 0 Å². The van der Waals surface area contributed by atoms with E-state index in [0.29, 0.717) is 40.1 Å². The van der Waals surface area contributed by atoms with Gasteiger partial charge >= 0.3 is 0 Å². The molecule has 0 saturated heterocycles. The van der Waals surface area contributed by atoms with Gasteiger partial charge < -0.3 is 14.8 Å². The minimum Gasteiger partial charge on any atom is -0.493 e. The number of amides is 1. The van der Waals surface area contributed by atoms with E-state index in [1.807, 2.05) is 18.2 Å². The highest BCUT2D eigenvalue weighted by molar-refractivity contribution is 6.30. The summed E-state index contributed by atoms with van der Waals surface area (Å²) in [5.41, 5.74) is 3.03. The Bertz CT molecular complexity index is 1320. The molecular formula is C25H20ClN3O4. The average Bonchev–Trinajstić information content (AvgIpc) is 2.84. The summed E-state index contributed by atoms with van der Waals surface area (Å²) in [4.78, 5) is 24.0. The van der Waals surface area contributed by atoms with Gasteiger partial charge in [0.25, 0.3) is 11.5 Å². The molecule has 0 aliphatic heterocycles. The first-order valence-electron chi connectivity index (χ1n) is 10.0. The van der Waals surface area contributed by atoms with E-state index >= 15 is 0 Å². The van der Waals surface area contributed by atoms with Crippen LogP contribution in [0.15, 0.2) is 83.7 Å². The molecule has 1 heterocycles. The molecule has 33 heavy (non-hydrogen) atoms. The monoisotopic (exact) mass is 461 g/mol. The van der Waals surface area contributed by atoms with Crippen molar-refractivity contribution in [3.63, 3.8) is 0 Å². The minimum atomic E-state index is -0.302. The Morgan fingerprint density at radius 2 is 1.82 bits per heavy atom. The van der Waals surface area contributed by atoms with Gasteiger partial charge in [-0.2, -0.15) is 5.10 Å². The number of H-pyrrole nitrogens is 1. The number of aromatic amines is 1. The lowest BCUT2D eigenvalue weighted by atomic mass is 10.1. The van der Waals surface area contributed by atoms with Crippen molar-refractivity contribution in [1.29, 1.82) is 0 Å². The number of hydrogen-bond acceptors (Lipinski definition) is 5. The third-order valence-corrected chi connectivity index (χ3v) is 5.08. The van der Waals surface area contributed by atoms with E-state index in [9.17, 15) is 9.59 Å². The Kier molecular flexibility index (Phi) is 6.71. The minimum absolute atomic E-state index is 0.280. The van der Waals surface area contributed by atoms with Crippen LogP contribution >= 0.6 is 11.6 Å². The van der Waals surface area contributed by atoms with Gasteiger partial charge in [-0.15, -0.1) is 0 Å². The molecule has 0 radical (unpaired) electrons. The normalized spacial score (nSPS) is 10.5. The predicted octanol–water partition coefficient (Wildman–Crippen LogP) is 4.93. The summed E-state index contributed by atoms with van der Waals surface area (Å²) in [5.74, 6) is 0.669. The Morgan fingerprint density at radius 3 is 2.55 bits per heavy atom. The van der Waals surface area contributed by atoms with Crippen LogP contribution in [0.2, 0.25) is 5.02 Å². The fourth-order valence-corrected chi connectivity index (χ4v) is 3.26. The second kappa shape index (κ2) is 10.0. The fraction of sp³-hybridized carbons (Fsp3) is 0.0800. The van der Waals surface area contributed by atoms with Gasteiger partial charge in [0, 0.05) is 27.9 Å². The lowest BCUT2D eigenvalue weighted by molar-refractivity contribution is 0.102. The summed E-state index contributed by atoms with van der Waals surface area (Å²) in [7, 11) is 1.52. The van der Waals surface area contributed by atoms with Gasteiger partial charge in [-0.3, -0.25) is 9.59 Å². The molecule has 0 bridgehead atoms. The van der Waals surface area contributed by atoms with E-state index in [2.05, 4.69) is 15.5 Å². The van der Waals surface area contributed by atoms with Crippen LogP contribution in [0.3, 0.4) is 0 Å². The number of aromatic nitrogens is 2. The second-order valence-electron chi connectivity index (χ2n) is 7.12. The fourth-order valence-electron chi connectivity index (χ4n) is 3.13. The number of carbonyl (C=O) groups is 1. The zero-order valence-corrected chi connectivity index (χ0v) is 18.4. The number of rotatable bonds is 7. The molecule has 8 heteroatoms. The molecule has 0 spiro atoms. The zero-order valence-electron chi connectivity index (χ0n) is 17.7. The Hall–Kier alpha value is -4.10. The molecule has 3 aromatic carbocycles. The molecule has 0 aliphatic rings. The number of methoxy groups -OCH3 is 1. The van der Waals surface area contributed by atoms with Gasteiger partial charge in [0.2, 0.25) is 0 Å². The van der Waals surface area contributed by atoms with Crippen LogP contribution in [0.4, 0.5) is 5.69 Å². The second-order valence-corrected chi connectivity index (χ2v) is 7.56. The van der Waals surface area contributed by atoms with Crippen LogP contribution in [0.1, 0.15) is 15.9 Å². The van der Waals surface area contributed by atoms with Crippen molar-refractivity contribution in [1.82, 2.24) is 10.2 Å². The van der Waals surface area contributed by atoms with Gasteiger partial charge in [0.15, 0.2) is 11.5 Å². The molecule has 2 N–H and O–H groups in total. The quantitative estimate of drug-likeness (QED) is 0.407. The molecule has 0 aliphatic carbocycles. The number of anilines is 1. The molecule has 4 aromatic rings. The summed E-state index contributed by atoms with van der Waals surface area (Å²) in [6, 6.07) is 22.6.